The van der Waals surface area contributed by atoms with Gasteiger partial charge in [0.25, 0.3) is 0 Å². The standard InChI is InChI=1S/C13H12N4/c14-7-11-6-12(3-4-13(11)15)17-9-10-2-1-5-16-8-10/h1-6,8,17H,9,15H2. The molecular weight excluding hydrogens is 212 g/mol. The van der Waals surface area contributed by atoms with Gasteiger partial charge in [0.15, 0.2) is 0 Å². The van der Waals surface area contributed by atoms with E-state index in [0.29, 0.717) is 17.8 Å². The van der Waals surface area contributed by atoms with E-state index in [9.17, 15) is 0 Å². The molecule has 0 aliphatic rings. The Morgan fingerprint density at radius 3 is 2.94 bits per heavy atom. The van der Waals surface area contributed by atoms with Crippen molar-refractivity contribution in [2.45, 2.75) is 6.54 Å². The molecule has 1 aromatic heterocycles. The van der Waals surface area contributed by atoms with Gasteiger partial charge < -0.3 is 11.1 Å². The Balaban J connectivity index is 2.08. The van der Waals surface area contributed by atoms with Crippen LogP contribution in [0.4, 0.5) is 11.4 Å². The summed E-state index contributed by atoms with van der Waals surface area (Å²) < 4.78 is 0. The number of aromatic nitrogens is 1. The van der Waals surface area contributed by atoms with Crippen LogP contribution in [0, 0.1) is 11.3 Å². The van der Waals surface area contributed by atoms with Crippen molar-refractivity contribution in [2.24, 2.45) is 0 Å². The Morgan fingerprint density at radius 2 is 2.24 bits per heavy atom. The van der Waals surface area contributed by atoms with Crippen LogP contribution >= 0.6 is 0 Å². The highest BCUT2D eigenvalue weighted by atomic mass is 14.9. The van der Waals surface area contributed by atoms with Gasteiger partial charge in [-0.3, -0.25) is 4.98 Å². The molecule has 84 valence electrons. The van der Waals surface area contributed by atoms with Crippen LogP contribution in [-0.4, -0.2) is 4.98 Å². The summed E-state index contributed by atoms with van der Waals surface area (Å²) in [5.74, 6) is 0. The van der Waals surface area contributed by atoms with Gasteiger partial charge in [0, 0.05) is 30.3 Å². The highest BCUT2D eigenvalue weighted by Gasteiger charge is 2.00. The lowest BCUT2D eigenvalue weighted by atomic mass is 10.1. The maximum Gasteiger partial charge on any atom is 0.101 e. The Morgan fingerprint density at radius 1 is 1.35 bits per heavy atom. The Hall–Kier alpha value is -2.54. The van der Waals surface area contributed by atoms with Crippen molar-refractivity contribution < 1.29 is 0 Å². The van der Waals surface area contributed by atoms with E-state index in [0.717, 1.165) is 11.3 Å². The molecule has 2 aromatic rings. The summed E-state index contributed by atoms with van der Waals surface area (Å²) >= 11 is 0. The van der Waals surface area contributed by atoms with Crippen molar-refractivity contribution in [1.82, 2.24) is 4.98 Å². The van der Waals surface area contributed by atoms with E-state index in [1.165, 1.54) is 0 Å². The lowest BCUT2D eigenvalue weighted by Crippen LogP contribution is -2.00. The monoisotopic (exact) mass is 224 g/mol. The third kappa shape index (κ3) is 2.73. The van der Waals surface area contributed by atoms with Crippen molar-refractivity contribution in [3.05, 3.63) is 53.9 Å². The van der Waals surface area contributed by atoms with Crippen molar-refractivity contribution in [3.8, 4) is 6.07 Å². The first-order valence-electron chi connectivity index (χ1n) is 5.22. The normalized spacial score (nSPS) is 9.59. The molecule has 2 rings (SSSR count). The predicted octanol–water partition coefficient (Wildman–Crippen LogP) is 2.15. The average Bonchev–Trinajstić information content (AvgIpc) is 2.39. The smallest absolute Gasteiger partial charge is 0.101 e. The molecule has 0 aliphatic carbocycles. The zero-order chi connectivity index (χ0) is 12.1. The van der Waals surface area contributed by atoms with Crippen LogP contribution in [0.25, 0.3) is 0 Å². The van der Waals surface area contributed by atoms with E-state index < -0.39 is 0 Å². The Kier molecular flexibility index (Phi) is 3.22. The summed E-state index contributed by atoms with van der Waals surface area (Å²) in [4.78, 5) is 4.03. The Labute approximate surface area is 99.7 Å². The first-order valence-corrected chi connectivity index (χ1v) is 5.22. The fraction of sp³-hybridized carbons (Fsp3) is 0.0769. The van der Waals surface area contributed by atoms with Crippen LogP contribution in [0.2, 0.25) is 0 Å². The van der Waals surface area contributed by atoms with Crippen LogP contribution in [-0.2, 0) is 6.54 Å². The van der Waals surface area contributed by atoms with Crippen molar-refractivity contribution in [3.63, 3.8) is 0 Å². The summed E-state index contributed by atoms with van der Waals surface area (Å²) in [6, 6.07) is 11.3. The summed E-state index contributed by atoms with van der Waals surface area (Å²) in [6.45, 7) is 0.669. The van der Waals surface area contributed by atoms with Crippen LogP contribution < -0.4 is 11.1 Å². The van der Waals surface area contributed by atoms with Crippen LogP contribution in [0.5, 0.6) is 0 Å². The number of anilines is 2. The number of hydrogen-bond donors (Lipinski definition) is 2. The van der Waals surface area contributed by atoms with Gasteiger partial charge in [-0.05, 0) is 29.8 Å². The third-order valence-corrected chi connectivity index (χ3v) is 2.39. The summed E-state index contributed by atoms with van der Waals surface area (Å²) in [6.07, 6.45) is 3.54. The minimum absolute atomic E-state index is 0.487. The van der Waals surface area contributed by atoms with Crippen LogP contribution in [0.15, 0.2) is 42.7 Å². The Bertz CT molecular complexity index is 543. The molecule has 1 aromatic carbocycles. The first kappa shape index (κ1) is 11.0. The summed E-state index contributed by atoms with van der Waals surface area (Å²) in [5, 5.41) is 12.1. The maximum atomic E-state index is 8.86. The molecule has 0 spiro atoms. The highest BCUT2D eigenvalue weighted by Crippen LogP contribution is 2.17. The van der Waals surface area contributed by atoms with Gasteiger partial charge in [-0.1, -0.05) is 6.07 Å². The van der Waals surface area contributed by atoms with Gasteiger partial charge >= 0.3 is 0 Å². The second-order valence-corrected chi connectivity index (χ2v) is 3.63. The predicted molar refractivity (Wildman–Crippen MR) is 67.1 cm³/mol. The molecule has 0 bridgehead atoms. The van der Waals surface area contributed by atoms with Crippen molar-refractivity contribution in [1.29, 1.82) is 5.26 Å². The zero-order valence-corrected chi connectivity index (χ0v) is 9.22. The highest BCUT2D eigenvalue weighted by molar-refractivity contribution is 5.61. The first-order chi connectivity index (χ1) is 8.29. The van der Waals surface area contributed by atoms with Gasteiger partial charge in [-0.25, -0.2) is 0 Å². The van der Waals surface area contributed by atoms with Crippen LogP contribution in [0.3, 0.4) is 0 Å². The number of benzene rings is 1. The molecule has 0 unspecified atom stereocenters. The zero-order valence-electron chi connectivity index (χ0n) is 9.22. The van der Waals surface area contributed by atoms with Gasteiger partial charge in [0.2, 0.25) is 0 Å². The number of nitriles is 1. The molecule has 0 saturated carbocycles. The molecule has 17 heavy (non-hydrogen) atoms. The molecule has 0 saturated heterocycles. The number of hydrogen-bond acceptors (Lipinski definition) is 4. The average molecular weight is 224 g/mol. The van der Waals surface area contributed by atoms with E-state index >= 15 is 0 Å². The number of pyridine rings is 1. The van der Waals surface area contributed by atoms with Gasteiger partial charge in [-0.2, -0.15) is 5.26 Å². The van der Waals surface area contributed by atoms with E-state index in [1.807, 2.05) is 18.2 Å². The number of nitrogens with two attached hydrogens (primary N) is 1. The largest absolute Gasteiger partial charge is 0.398 e. The third-order valence-electron chi connectivity index (χ3n) is 2.39. The van der Waals surface area contributed by atoms with E-state index in [4.69, 9.17) is 11.0 Å². The van der Waals surface area contributed by atoms with Crippen molar-refractivity contribution in [2.75, 3.05) is 11.1 Å². The number of nitrogens with zero attached hydrogens (tertiary/aromatic N) is 2. The lowest BCUT2D eigenvalue weighted by Gasteiger charge is -2.07. The molecule has 0 radical (unpaired) electrons. The topological polar surface area (TPSA) is 74.7 Å². The minimum atomic E-state index is 0.487. The molecule has 4 heteroatoms. The fourth-order valence-corrected chi connectivity index (χ4v) is 1.47. The summed E-state index contributed by atoms with van der Waals surface area (Å²) in [5.41, 5.74) is 8.59. The lowest BCUT2D eigenvalue weighted by molar-refractivity contribution is 1.11. The molecule has 0 aliphatic heterocycles. The molecule has 1 heterocycles. The van der Waals surface area contributed by atoms with Crippen molar-refractivity contribution >= 4 is 11.4 Å². The second-order valence-electron chi connectivity index (χ2n) is 3.63. The van der Waals surface area contributed by atoms with Gasteiger partial charge in [0.1, 0.15) is 6.07 Å². The second kappa shape index (κ2) is 4.99. The minimum Gasteiger partial charge on any atom is -0.398 e. The molecule has 4 nitrogen and oxygen atoms in total. The van der Waals surface area contributed by atoms with E-state index in [-0.39, 0.29) is 0 Å². The van der Waals surface area contributed by atoms with Crippen LogP contribution in [0.1, 0.15) is 11.1 Å². The molecule has 3 N–H and O–H groups in total. The van der Waals surface area contributed by atoms with E-state index in [1.54, 1.807) is 24.5 Å². The van der Waals surface area contributed by atoms with Gasteiger partial charge in [-0.15, -0.1) is 0 Å². The van der Waals surface area contributed by atoms with Gasteiger partial charge in [0.05, 0.1) is 5.56 Å². The SMILES string of the molecule is N#Cc1cc(NCc2cccnc2)ccc1N. The molecular formula is C13H12N4. The number of rotatable bonds is 3. The van der Waals surface area contributed by atoms with E-state index in [2.05, 4.69) is 16.4 Å². The molecule has 0 atom stereocenters. The fourth-order valence-electron chi connectivity index (χ4n) is 1.47. The number of nitrogens with one attached hydrogen (secondary N) is 1. The number of nitrogen functional groups attached to an aromatic ring is 1. The quantitative estimate of drug-likeness (QED) is 0.783. The molecule has 0 amide bonds. The maximum absolute atomic E-state index is 8.86. The molecule has 0 fully saturated rings. The summed E-state index contributed by atoms with van der Waals surface area (Å²) in [7, 11) is 0.